The Balaban J connectivity index is 1.09. The van der Waals surface area contributed by atoms with Crippen LogP contribution in [0, 0.1) is 29.1 Å². The number of nitriles is 1. The molecule has 0 aliphatic heterocycles. The highest BCUT2D eigenvalue weighted by Crippen LogP contribution is 2.54. The first-order valence-corrected chi connectivity index (χ1v) is 19.5. The Bertz CT molecular complexity index is 2470. The minimum atomic E-state index is 0.324. The zero-order valence-corrected chi connectivity index (χ0v) is 31.4. The monoisotopic (exact) mass is 713 g/mol. The molecule has 5 nitrogen and oxygen atoms in total. The summed E-state index contributed by atoms with van der Waals surface area (Å²) in [5.74, 6) is 4.17. The summed E-state index contributed by atoms with van der Waals surface area (Å²) in [7, 11) is 0. The number of hydrogen-bond donors (Lipinski definition) is 0. The molecule has 2 aliphatic rings. The van der Waals surface area contributed by atoms with E-state index in [-0.39, 0.29) is 0 Å². The molecular weight excluding hydrogens is 671 g/mol. The van der Waals surface area contributed by atoms with E-state index in [9.17, 15) is 5.26 Å². The third-order valence-corrected chi connectivity index (χ3v) is 11.8. The van der Waals surface area contributed by atoms with Gasteiger partial charge in [0, 0.05) is 28.5 Å². The molecule has 5 aromatic carbocycles. The van der Waals surface area contributed by atoms with Crippen LogP contribution in [0.15, 0.2) is 146 Å². The Kier molecular flexibility index (Phi) is 9.12. The standard InChI is InChI=1S/C50H43N5/c1-33-26-36-27-34(2)30-50(29-33,31-36)43-22-19-38(20-23-43)37-15-17-41(18-16-37)48-53-47(40-13-11-35(32-51)12-14-40)54-49(55-48)44-24-21-42(46-10-6-7-25-52-46)28-45(44)39-8-4-3-5-9-39/h3-25,28,33-34,36H,26-27,29-31H2,1-2H3/t33-,34+,36?,50?. The highest BCUT2D eigenvalue weighted by molar-refractivity contribution is 5.85. The van der Waals surface area contributed by atoms with Gasteiger partial charge in [-0.1, -0.05) is 105 Å². The lowest BCUT2D eigenvalue weighted by Gasteiger charge is -2.50. The number of rotatable bonds is 7. The van der Waals surface area contributed by atoms with Gasteiger partial charge in [-0.3, -0.25) is 4.98 Å². The van der Waals surface area contributed by atoms with E-state index in [0.717, 1.165) is 62.4 Å². The largest absolute Gasteiger partial charge is 0.256 e. The second kappa shape index (κ2) is 14.5. The van der Waals surface area contributed by atoms with Crippen molar-refractivity contribution in [3.8, 4) is 73.7 Å². The van der Waals surface area contributed by atoms with Crippen molar-refractivity contribution in [2.45, 2.75) is 51.4 Å². The van der Waals surface area contributed by atoms with Crippen molar-refractivity contribution in [1.29, 1.82) is 5.26 Å². The maximum atomic E-state index is 9.46. The van der Waals surface area contributed by atoms with E-state index in [2.05, 4.69) is 104 Å². The SMILES string of the molecule is C[C@@H]1CC2C[C@H](C)CC(c3ccc(-c4ccc(-c5nc(-c6ccc(C#N)cc6)nc(-c6ccc(-c7ccccn7)cc6-c6ccccc6)n5)cc4)cc3)(C2)C1. The van der Waals surface area contributed by atoms with Gasteiger partial charge in [-0.05, 0) is 132 Å². The molecule has 4 atom stereocenters. The van der Waals surface area contributed by atoms with Gasteiger partial charge < -0.3 is 0 Å². The highest BCUT2D eigenvalue weighted by Gasteiger charge is 2.45. The molecule has 0 N–H and O–H groups in total. The fourth-order valence-corrected chi connectivity index (χ4v) is 9.62. The quantitative estimate of drug-likeness (QED) is 0.164. The summed E-state index contributed by atoms with van der Waals surface area (Å²) in [6.45, 7) is 4.91. The van der Waals surface area contributed by atoms with Gasteiger partial charge in [-0.15, -0.1) is 0 Å². The number of aromatic nitrogens is 4. The number of benzene rings is 5. The summed E-state index contributed by atoms with van der Waals surface area (Å²) in [4.78, 5) is 19.8. The first-order chi connectivity index (χ1) is 26.9. The lowest BCUT2D eigenvalue weighted by Crippen LogP contribution is -2.42. The van der Waals surface area contributed by atoms with Crippen molar-refractivity contribution in [3.63, 3.8) is 0 Å². The van der Waals surface area contributed by atoms with E-state index >= 15 is 0 Å². The average molecular weight is 714 g/mol. The average Bonchev–Trinajstić information content (AvgIpc) is 3.23. The zero-order chi connectivity index (χ0) is 37.4. The number of hydrogen-bond acceptors (Lipinski definition) is 5. The summed E-state index contributed by atoms with van der Waals surface area (Å²) in [5.41, 5.74) is 11.4. The first kappa shape index (κ1) is 34.5. The smallest absolute Gasteiger partial charge is 0.164 e. The molecule has 0 amide bonds. The van der Waals surface area contributed by atoms with E-state index in [1.54, 1.807) is 12.1 Å². The van der Waals surface area contributed by atoms with E-state index in [1.807, 2.05) is 54.7 Å². The highest BCUT2D eigenvalue weighted by atomic mass is 15.0. The van der Waals surface area contributed by atoms with E-state index < -0.39 is 0 Å². The fourth-order valence-electron chi connectivity index (χ4n) is 9.62. The van der Waals surface area contributed by atoms with Gasteiger partial charge in [0.2, 0.25) is 0 Å². The van der Waals surface area contributed by atoms with E-state index in [1.165, 1.54) is 43.2 Å². The minimum absolute atomic E-state index is 0.324. The van der Waals surface area contributed by atoms with Crippen LogP contribution in [-0.2, 0) is 5.41 Å². The lowest BCUT2D eigenvalue weighted by atomic mass is 9.54. The van der Waals surface area contributed by atoms with Gasteiger partial charge in [-0.25, -0.2) is 15.0 Å². The van der Waals surface area contributed by atoms with Gasteiger partial charge in [0.1, 0.15) is 0 Å². The van der Waals surface area contributed by atoms with Gasteiger partial charge in [0.15, 0.2) is 17.5 Å². The topological polar surface area (TPSA) is 75.3 Å². The van der Waals surface area contributed by atoms with Crippen molar-refractivity contribution in [2.75, 3.05) is 0 Å². The van der Waals surface area contributed by atoms with Crippen LogP contribution in [-0.4, -0.2) is 19.9 Å². The van der Waals surface area contributed by atoms with E-state index in [4.69, 9.17) is 15.0 Å². The van der Waals surface area contributed by atoms with Crippen LogP contribution in [0.25, 0.3) is 67.7 Å². The molecule has 2 fully saturated rings. The molecule has 2 unspecified atom stereocenters. The molecular formula is C50H43N5. The van der Waals surface area contributed by atoms with Crippen LogP contribution in [0.5, 0.6) is 0 Å². The summed E-state index contributed by atoms with van der Waals surface area (Å²) >= 11 is 0. The van der Waals surface area contributed by atoms with Crippen LogP contribution in [0.3, 0.4) is 0 Å². The van der Waals surface area contributed by atoms with Crippen molar-refractivity contribution >= 4 is 0 Å². The number of fused-ring (bicyclic) bond motifs is 2. The third kappa shape index (κ3) is 6.97. The Morgan fingerprint density at radius 2 is 1.09 bits per heavy atom. The van der Waals surface area contributed by atoms with Gasteiger partial charge in [0.25, 0.3) is 0 Å². The lowest BCUT2D eigenvalue weighted by molar-refractivity contribution is 0.0780. The van der Waals surface area contributed by atoms with Crippen molar-refractivity contribution in [2.24, 2.45) is 17.8 Å². The summed E-state index contributed by atoms with van der Waals surface area (Å²) in [6, 6.07) is 50.3. The second-order valence-electron chi connectivity index (χ2n) is 15.9. The van der Waals surface area contributed by atoms with Crippen LogP contribution in [0.2, 0.25) is 0 Å². The maximum absolute atomic E-state index is 9.46. The first-order valence-electron chi connectivity index (χ1n) is 19.5. The van der Waals surface area contributed by atoms with Crippen molar-refractivity contribution < 1.29 is 0 Å². The van der Waals surface area contributed by atoms with Crippen molar-refractivity contribution in [3.05, 3.63) is 157 Å². The molecule has 7 aromatic rings. The van der Waals surface area contributed by atoms with Crippen LogP contribution < -0.4 is 0 Å². The molecule has 0 spiro atoms. The second-order valence-corrected chi connectivity index (χ2v) is 15.9. The molecule has 0 saturated heterocycles. The molecule has 5 heteroatoms. The third-order valence-electron chi connectivity index (χ3n) is 11.8. The summed E-state index contributed by atoms with van der Waals surface area (Å²) in [5, 5.41) is 9.46. The van der Waals surface area contributed by atoms with Crippen LogP contribution in [0.4, 0.5) is 0 Å². The van der Waals surface area contributed by atoms with Crippen molar-refractivity contribution in [1.82, 2.24) is 19.9 Å². The number of nitrogens with zero attached hydrogens (tertiary/aromatic N) is 5. The Morgan fingerprint density at radius 3 is 1.71 bits per heavy atom. The molecule has 268 valence electrons. The van der Waals surface area contributed by atoms with E-state index in [0.29, 0.717) is 28.5 Å². The van der Waals surface area contributed by atoms with Gasteiger partial charge in [0.05, 0.1) is 17.3 Å². The Labute approximate surface area is 323 Å². The van der Waals surface area contributed by atoms with Gasteiger partial charge >= 0.3 is 0 Å². The minimum Gasteiger partial charge on any atom is -0.256 e. The normalized spacial score (nSPS) is 20.4. The van der Waals surface area contributed by atoms with Crippen LogP contribution >= 0.6 is 0 Å². The molecule has 2 aromatic heterocycles. The molecule has 2 aliphatic carbocycles. The molecule has 2 bridgehead atoms. The van der Waals surface area contributed by atoms with Crippen LogP contribution in [0.1, 0.15) is 57.1 Å². The molecule has 0 radical (unpaired) electrons. The predicted molar refractivity (Wildman–Crippen MR) is 222 cm³/mol. The number of pyridine rings is 1. The summed E-state index contributed by atoms with van der Waals surface area (Å²) < 4.78 is 0. The summed E-state index contributed by atoms with van der Waals surface area (Å²) in [6.07, 6.45) is 8.55. The molecule has 9 rings (SSSR count). The zero-order valence-electron chi connectivity index (χ0n) is 31.4. The van der Waals surface area contributed by atoms with Gasteiger partial charge in [-0.2, -0.15) is 5.26 Å². The fraction of sp³-hybridized carbons (Fsp3) is 0.220. The molecule has 2 saturated carbocycles. The maximum Gasteiger partial charge on any atom is 0.164 e. The molecule has 2 heterocycles. The molecule has 55 heavy (non-hydrogen) atoms. The Hall–Kier alpha value is -6.25. The Morgan fingerprint density at radius 1 is 0.527 bits per heavy atom. The predicted octanol–water partition coefficient (Wildman–Crippen LogP) is 12.2.